The number of H-pyrrole nitrogens is 1. The van der Waals surface area contributed by atoms with E-state index >= 15 is 0 Å². The molecule has 5 heteroatoms. The number of aromatic nitrogens is 3. The van der Waals surface area contributed by atoms with Gasteiger partial charge in [-0.25, -0.2) is 0 Å². The molecule has 1 N–H and O–H groups in total. The molecule has 0 radical (unpaired) electrons. The van der Waals surface area contributed by atoms with Gasteiger partial charge >= 0.3 is 0 Å². The minimum absolute atomic E-state index is 0.110. The highest BCUT2D eigenvalue weighted by molar-refractivity contribution is 5.77. The van der Waals surface area contributed by atoms with Crippen molar-refractivity contribution >= 4 is 10.9 Å². The Morgan fingerprint density at radius 3 is 3.18 bits per heavy atom. The van der Waals surface area contributed by atoms with Crippen LogP contribution in [0.1, 0.15) is 25.3 Å². The molecular weight excluding hydrogens is 216 g/mol. The van der Waals surface area contributed by atoms with Gasteiger partial charge in [-0.3, -0.25) is 9.48 Å². The predicted molar refractivity (Wildman–Crippen MR) is 62.3 cm³/mol. The Labute approximate surface area is 97.7 Å². The van der Waals surface area contributed by atoms with E-state index < -0.39 is 0 Å². The van der Waals surface area contributed by atoms with E-state index in [0.29, 0.717) is 17.7 Å². The van der Waals surface area contributed by atoms with Crippen molar-refractivity contribution in [3.63, 3.8) is 0 Å². The topological polar surface area (TPSA) is 74.5 Å². The number of nitrogens with one attached hydrogen (secondary N) is 1. The van der Waals surface area contributed by atoms with Crippen molar-refractivity contribution in [3.8, 4) is 6.07 Å². The number of hydrogen-bond donors (Lipinski definition) is 1. The second-order valence-electron chi connectivity index (χ2n) is 4.46. The van der Waals surface area contributed by atoms with E-state index in [1.807, 2.05) is 10.7 Å². The number of pyridine rings is 1. The van der Waals surface area contributed by atoms with E-state index in [1.165, 1.54) is 0 Å². The van der Waals surface area contributed by atoms with Crippen LogP contribution >= 0.6 is 0 Å². The summed E-state index contributed by atoms with van der Waals surface area (Å²) >= 11 is 0. The Hall–Kier alpha value is -2.09. The SMILES string of the molecule is N#CCC(C1CC1)n1ncc2c(=O)[nH]ccc21. The fourth-order valence-corrected chi connectivity index (χ4v) is 2.28. The lowest BCUT2D eigenvalue weighted by atomic mass is 10.1. The first-order valence-corrected chi connectivity index (χ1v) is 5.73. The van der Waals surface area contributed by atoms with Crippen LogP contribution in [0.4, 0.5) is 0 Å². The first kappa shape index (κ1) is 10.1. The van der Waals surface area contributed by atoms with Crippen LogP contribution < -0.4 is 5.56 Å². The number of nitrogens with zero attached hydrogens (tertiary/aromatic N) is 3. The summed E-state index contributed by atoms with van der Waals surface area (Å²) in [5.74, 6) is 0.539. The minimum Gasteiger partial charge on any atom is -0.328 e. The van der Waals surface area contributed by atoms with Gasteiger partial charge < -0.3 is 4.98 Å². The second kappa shape index (κ2) is 3.74. The van der Waals surface area contributed by atoms with Gasteiger partial charge in [-0.2, -0.15) is 10.4 Å². The van der Waals surface area contributed by atoms with Crippen molar-refractivity contribution in [2.45, 2.75) is 25.3 Å². The highest BCUT2D eigenvalue weighted by Gasteiger charge is 2.33. The molecule has 1 aliphatic rings. The molecule has 1 saturated carbocycles. The summed E-state index contributed by atoms with van der Waals surface area (Å²) in [4.78, 5) is 14.2. The Bertz CT molecular complexity index is 644. The van der Waals surface area contributed by atoms with Gasteiger partial charge in [0.1, 0.15) is 0 Å². The standard InChI is InChI=1S/C12H12N4O/c13-5-3-10(8-1-2-8)16-11-4-6-14-12(17)9(11)7-15-16/h4,6-8,10H,1-3H2,(H,14,17). The molecule has 2 aromatic rings. The van der Waals surface area contributed by atoms with Crippen molar-refractivity contribution < 1.29 is 0 Å². The third kappa shape index (κ3) is 1.62. The van der Waals surface area contributed by atoms with Crippen LogP contribution in [0.3, 0.4) is 0 Å². The van der Waals surface area contributed by atoms with Crippen molar-refractivity contribution in [2.75, 3.05) is 0 Å². The van der Waals surface area contributed by atoms with E-state index in [-0.39, 0.29) is 11.6 Å². The van der Waals surface area contributed by atoms with Crippen LogP contribution in [-0.4, -0.2) is 14.8 Å². The first-order valence-electron chi connectivity index (χ1n) is 5.73. The van der Waals surface area contributed by atoms with Crippen molar-refractivity contribution in [3.05, 3.63) is 28.8 Å². The van der Waals surface area contributed by atoms with Crippen LogP contribution in [0.2, 0.25) is 0 Å². The predicted octanol–water partition coefficient (Wildman–Crippen LogP) is 1.59. The zero-order chi connectivity index (χ0) is 11.8. The number of hydrogen-bond acceptors (Lipinski definition) is 3. The quantitative estimate of drug-likeness (QED) is 0.866. The average Bonchev–Trinajstić information content (AvgIpc) is 3.07. The normalized spacial score (nSPS) is 16.9. The molecule has 0 aromatic carbocycles. The Morgan fingerprint density at radius 1 is 1.65 bits per heavy atom. The number of rotatable bonds is 3. The summed E-state index contributed by atoms with van der Waals surface area (Å²) in [7, 11) is 0. The number of nitriles is 1. The van der Waals surface area contributed by atoms with Crippen LogP contribution in [0.5, 0.6) is 0 Å². The molecule has 2 aromatic heterocycles. The first-order chi connectivity index (χ1) is 8.31. The van der Waals surface area contributed by atoms with E-state index in [9.17, 15) is 4.79 Å². The highest BCUT2D eigenvalue weighted by Crippen LogP contribution is 2.41. The van der Waals surface area contributed by atoms with Gasteiger partial charge in [0, 0.05) is 6.20 Å². The van der Waals surface area contributed by atoms with Crippen LogP contribution in [0.15, 0.2) is 23.3 Å². The maximum atomic E-state index is 11.6. The van der Waals surface area contributed by atoms with Crippen LogP contribution in [0.25, 0.3) is 10.9 Å². The second-order valence-corrected chi connectivity index (χ2v) is 4.46. The molecule has 0 spiro atoms. The van der Waals surface area contributed by atoms with Gasteiger partial charge in [0.15, 0.2) is 0 Å². The summed E-state index contributed by atoms with van der Waals surface area (Å²) in [6, 6.07) is 4.16. The fraction of sp³-hybridized carbons (Fsp3) is 0.417. The maximum Gasteiger partial charge on any atom is 0.259 e. The molecular formula is C12H12N4O. The van der Waals surface area contributed by atoms with E-state index in [0.717, 1.165) is 18.4 Å². The van der Waals surface area contributed by atoms with Gasteiger partial charge in [-0.1, -0.05) is 0 Å². The molecule has 1 fully saturated rings. The third-order valence-electron chi connectivity index (χ3n) is 3.31. The minimum atomic E-state index is -0.125. The fourth-order valence-electron chi connectivity index (χ4n) is 2.28. The summed E-state index contributed by atoms with van der Waals surface area (Å²) in [5, 5.41) is 13.8. The Kier molecular flexibility index (Phi) is 2.22. The largest absolute Gasteiger partial charge is 0.328 e. The molecule has 17 heavy (non-hydrogen) atoms. The zero-order valence-electron chi connectivity index (χ0n) is 9.26. The lowest BCUT2D eigenvalue weighted by Gasteiger charge is -2.14. The Morgan fingerprint density at radius 2 is 2.47 bits per heavy atom. The molecule has 5 nitrogen and oxygen atoms in total. The molecule has 86 valence electrons. The monoisotopic (exact) mass is 228 g/mol. The molecule has 0 amide bonds. The molecule has 0 aliphatic heterocycles. The highest BCUT2D eigenvalue weighted by atomic mass is 16.1. The third-order valence-corrected chi connectivity index (χ3v) is 3.31. The van der Waals surface area contributed by atoms with Gasteiger partial charge in [0.05, 0.1) is 35.6 Å². The van der Waals surface area contributed by atoms with E-state index in [2.05, 4.69) is 16.2 Å². The van der Waals surface area contributed by atoms with E-state index in [4.69, 9.17) is 5.26 Å². The molecule has 0 saturated heterocycles. The summed E-state index contributed by atoms with van der Waals surface area (Å²) < 4.78 is 1.84. The van der Waals surface area contributed by atoms with Crippen molar-refractivity contribution in [2.24, 2.45) is 5.92 Å². The van der Waals surface area contributed by atoms with Crippen molar-refractivity contribution in [1.82, 2.24) is 14.8 Å². The average molecular weight is 228 g/mol. The summed E-state index contributed by atoms with van der Waals surface area (Å²) in [6.45, 7) is 0. The molecule has 1 aliphatic carbocycles. The summed E-state index contributed by atoms with van der Waals surface area (Å²) in [6.07, 6.45) is 5.96. The van der Waals surface area contributed by atoms with Gasteiger partial charge in [-0.15, -0.1) is 0 Å². The lowest BCUT2D eigenvalue weighted by molar-refractivity contribution is 0.425. The maximum absolute atomic E-state index is 11.6. The Balaban J connectivity index is 2.13. The van der Waals surface area contributed by atoms with Gasteiger partial charge in [0.25, 0.3) is 5.56 Å². The molecule has 1 atom stereocenters. The zero-order valence-corrected chi connectivity index (χ0v) is 9.26. The van der Waals surface area contributed by atoms with E-state index in [1.54, 1.807) is 12.4 Å². The smallest absolute Gasteiger partial charge is 0.259 e. The van der Waals surface area contributed by atoms with Crippen LogP contribution in [-0.2, 0) is 0 Å². The van der Waals surface area contributed by atoms with Crippen molar-refractivity contribution in [1.29, 1.82) is 5.26 Å². The van der Waals surface area contributed by atoms with Gasteiger partial charge in [0.2, 0.25) is 0 Å². The van der Waals surface area contributed by atoms with Gasteiger partial charge in [-0.05, 0) is 24.8 Å². The molecule has 3 rings (SSSR count). The molecule has 1 unspecified atom stereocenters. The molecule has 2 heterocycles. The van der Waals surface area contributed by atoms with Crippen LogP contribution in [0, 0.1) is 17.2 Å². The molecule has 0 bridgehead atoms. The number of aromatic amines is 1. The summed E-state index contributed by atoms with van der Waals surface area (Å²) in [5.41, 5.74) is 0.696. The lowest BCUT2D eigenvalue weighted by Crippen LogP contribution is -2.13. The number of fused-ring (bicyclic) bond motifs is 1.